The van der Waals surface area contributed by atoms with Gasteiger partial charge in [0.2, 0.25) is 0 Å². The lowest BCUT2D eigenvalue weighted by atomic mass is 10.2. The Balaban J connectivity index is 2.57. The molecule has 0 spiro atoms. The van der Waals surface area contributed by atoms with Gasteiger partial charge in [-0.25, -0.2) is 9.59 Å². The number of hydrogen-bond donors (Lipinski definition) is 3. The zero-order valence-electron chi connectivity index (χ0n) is 10.6. The highest BCUT2D eigenvalue weighted by molar-refractivity contribution is 5.91. The van der Waals surface area contributed by atoms with Crippen LogP contribution in [0, 0.1) is 12.3 Å². The van der Waals surface area contributed by atoms with Crippen LogP contribution in [0.1, 0.15) is 30.1 Å². The van der Waals surface area contributed by atoms with Crippen LogP contribution in [0.15, 0.2) is 24.3 Å². The molecule has 1 unspecified atom stereocenters. The van der Waals surface area contributed by atoms with Gasteiger partial charge in [0, 0.05) is 5.69 Å². The van der Waals surface area contributed by atoms with Crippen molar-refractivity contribution in [1.82, 2.24) is 5.32 Å². The minimum absolute atomic E-state index is 0.165. The highest BCUT2D eigenvalue weighted by Crippen LogP contribution is 2.09. The molecular weight excluding hydrogens is 244 g/mol. The van der Waals surface area contributed by atoms with Gasteiger partial charge in [-0.2, -0.15) is 0 Å². The smallest absolute Gasteiger partial charge is 0.335 e. The van der Waals surface area contributed by atoms with E-state index in [1.807, 2.05) is 6.92 Å². The monoisotopic (exact) mass is 260 g/mol. The van der Waals surface area contributed by atoms with Crippen molar-refractivity contribution < 1.29 is 14.7 Å². The lowest BCUT2D eigenvalue weighted by Gasteiger charge is -2.13. The molecule has 0 aromatic heterocycles. The molecule has 1 aromatic rings. The predicted molar refractivity (Wildman–Crippen MR) is 73.1 cm³/mol. The molecule has 1 atom stereocenters. The first kappa shape index (κ1) is 14.6. The van der Waals surface area contributed by atoms with Gasteiger partial charge in [-0.05, 0) is 30.7 Å². The maximum Gasteiger partial charge on any atom is 0.335 e. The molecule has 3 N–H and O–H groups in total. The van der Waals surface area contributed by atoms with Crippen LogP contribution in [-0.4, -0.2) is 23.1 Å². The molecule has 5 heteroatoms. The number of carboxylic acids is 1. The van der Waals surface area contributed by atoms with Crippen molar-refractivity contribution in [2.24, 2.45) is 0 Å². The molecule has 100 valence electrons. The highest BCUT2D eigenvalue weighted by atomic mass is 16.4. The molecule has 19 heavy (non-hydrogen) atoms. The van der Waals surface area contributed by atoms with E-state index >= 15 is 0 Å². The Morgan fingerprint density at radius 1 is 1.37 bits per heavy atom. The van der Waals surface area contributed by atoms with Crippen molar-refractivity contribution in [1.29, 1.82) is 0 Å². The molecule has 5 nitrogen and oxygen atoms in total. The van der Waals surface area contributed by atoms with Gasteiger partial charge in [0.05, 0.1) is 11.6 Å². The minimum atomic E-state index is -1.01. The number of urea groups is 1. The third kappa shape index (κ3) is 4.72. The first-order chi connectivity index (χ1) is 9.06. The quantitative estimate of drug-likeness (QED) is 0.711. The Labute approximate surface area is 112 Å². The van der Waals surface area contributed by atoms with Gasteiger partial charge >= 0.3 is 12.0 Å². The molecule has 0 aliphatic rings. The van der Waals surface area contributed by atoms with Crippen LogP contribution in [0.2, 0.25) is 0 Å². The summed E-state index contributed by atoms with van der Waals surface area (Å²) in [5, 5.41) is 14.0. The summed E-state index contributed by atoms with van der Waals surface area (Å²) in [6, 6.07) is 5.18. The van der Waals surface area contributed by atoms with Crippen LogP contribution >= 0.6 is 0 Å². The summed E-state index contributed by atoms with van der Waals surface area (Å²) in [5.74, 6) is 1.49. The van der Waals surface area contributed by atoms with Crippen molar-refractivity contribution in [2.45, 2.75) is 25.8 Å². The molecule has 0 aliphatic carbocycles. The number of hydrogen-bond acceptors (Lipinski definition) is 2. The van der Waals surface area contributed by atoms with E-state index in [0.29, 0.717) is 12.1 Å². The van der Waals surface area contributed by atoms with Gasteiger partial charge in [-0.1, -0.05) is 19.3 Å². The minimum Gasteiger partial charge on any atom is -0.478 e. The molecule has 0 saturated carbocycles. The summed E-state index contributed by atoms with van der Waals surface area (Å²) in [5.41, 5.74) is 0.674. The first-order valence-electron chi connectivity index (χ1n) is 5.93. The van der Waals surface area contributed by atoms with Crippen LogP contribution in [0.25, 0.3) is 0 Å². The summed E-state index contributed by atoms with van der Waals surface area (Å²) in [7, 11) is 0. The maximum absolute atomic E-state index is 11.6. The fourth-order valence-corrected chi connectivity index (χ4v) is 1.51. The van der Waals surface area contributed by atoms with Gasteiger partial charge < -0.3 is 15.7 Å². The second kappa shape index (κ2) is 7.07. The fraction of sp³-hybridized carbons (Fsp3) is 0.286. The zero-order valence-corrected chi connectivity index (χ0v) is 10.6. The van der Waals surface area contributed by atoms with Gasteiger partial charge in [0.15, 0.2) is 0 Å². The summed E-state index contributed by atoms with van der Waals surface area (Å²) < 4.78 is 0. The topological polar surface area (TPSA) is 78.4 Å². The van der Waals surface area contributed by atoms with Gasteiger partial charge in [0.25, 0.3) is 0 Å². The van der Waals surface area contributed by atoms with E-state index in [0.717, 1.165) is 6.42 Å². The van der Waals surface area contributed by atoms with Crippen LogP contribution in [0.5, 0.6) is 0 Å². The van der Waals surface area contributed by atoms with Crippen molar-refractivity contribution in [3.63, 3.8) is 0 Å². The SMILES string of the molecule is C#CC(CCC)NC(=O)Nc1ccc(C(=O)O)cc1. The molecule has 0 fully saturated rings. The average Bonchev–Trinajstić information content (AvgIpc) is 2.38. The number of aromatic carboxylic acids is 1. The molecule has 0 heterocycles. The maximum atomic E-state index is 11.6. The van der Waals surface area contributed by atoms with Crippen LogP contribution in [0.3, 0.4) is 0 Å². The Kier molecular flexibility index (Phi) is 5.42. The lowest BCUT2D eigenvalue weighted by molar-refractivity contribution is 0.0697. The van der Waals surface area contributed by atoms with E-state index in [2.05, 4.69) is 16.6 Å². The van der Waals surface area contributed by atoms with Gasteiger partial charge in [-0.15, -0.1) is 6.42 Å². The van der Waals surface area contributed by atoms with Crippen LogP contribution in [0.4, 0.5) is 10.5 Å². The molecule has 2 amide bonds. The van der Waals surface area contributed by atoms with E-state index in [9.17, 15) is 9.59 Å². The number of carbonyl (C=O) groups is 2. The number of rotatable bonds is 5. The third-order valence-corrected chi connectivity index (χ3v) is 2.47. The van der Waals surface area contributed by atoms with Crippen molar-refractivity contribution in [3.8, 4) is 12.3 Å². The average molecular weight is 260 g/mol. The first-order valence-corrected chi connectivity index (χ1v) is 5.93. The summed E-state index contributed by atoms with van der Waals surface area (Å²) in [4.78, 5) is 22.3. The third-order valence-electron chi connectivity index (χ3n) is 2.47. The van der Waals surface area contributed by atoms with Crippen LogP contribution < -0.4 is 10.6 Å². The molecule has 1 rings (SSSR count). The van der Waals surface area contributed by atoms with Crippen molar-refractivity contribution in [2.75, 3.05) is 5.32 Å². The normalized spacial score (nSPS) is 11.2. The Morgan fingerprint density at radius 3 is 2.47 bits per heavy atom. The lowest BCUT2D eigenvalue weighted by Crippen LogP contribution is -2.36. The summed E-state index contributed by atoms with van der Waals surface area (Å²) in [6.45, 7) is 1.98. The number of terminal acetylenes is 1. The number of carboxylic acid groups (broad SMARTS) is 1. The van der Waals surface area contributed by atoms with E-state index in [1.165, 1.54) is 24.3 Å². The molecule has 0 aliphatic heterocycles. The molecule has 1 aromatic carbocycles. The van der Waals surface area contributed by atoms with E-state index in [1.54, 1.807) is 0 Å². The van der Waals surface area contributed by atoms with Crippen molar-refractivity contribution in [3.05, 3.63) is 29.8 Å². The van der Waals surface area contributed by atoms with Gasteiger partial charge in [0.1, 0.15) is 0 Å². The Hall–Kier alpha value is -2.48. The van der Waals surface area contributed by atoms with E-state index in [-0.39, 0.29) is 11.6 Å². The largest absolute Gasteiger partial charge is 0.478 e. The predicted octanol–water partition coefficient (Wildman–Crippen LogP) is 2.31. The molecular formula is C14H16N2O3. The number of nitrogens with one attached hydrogen (secondary N) is 2. The summed E-state index contributed by atoms with van der Waals surface area (Å²) in [6.07, 6.45) is 6.88. The molecule has 0 bridgehead atoms. The Bertz CT molecular complexity index is 488. The zero-order chi connectivity index (χ0) is 14.3. The van der Waals surface area contributed by atoms with E-state index in [4.69, 9.17) is 11.5 Å². The molecule has 0 radical (unpaired) electrons. The fourth-order valence-electron chi connectivity index (χ4n) is 1.51. The number of carbonyl (C=O) groups excluding carboxylic acids is 1. The number of anilines is 1. The number of benzene rings is 1. The highest BCUT2D eigenvalue weighted by Gasteiger charge is 2.09. The van der Waals surface area contributed by atoms with Gasteiger partial charge in [-0.3, -0.25) is 0 Å². The van der Waals surface area contributed by atoms with Crippen LogP contribution in [-0.2, 0) is 0 Å². The standard InChI is InChI=1S/C14H16N2O3/c1-3-5-11(4-2)15-14(19)16-12-8-6-10(7-9-12)13(17)18/h2,6-9,11H,3,5H2,1H3,(H,17,18)(H2,15,16,19). The molecule has 0 saturated heterocycles. The second-order valence-corrected chi connectivity index (χ2v) is 3.99. The summed E-state index contributed by atoms with van der Waals surface area (Å²) >= 11 is 0. The van der Waals surface area contributed by atoms with Crippen molar-refractivity contribution >= 4 is 17.7 Å². The van der Waals surface area contributed by atoms with E-state index < -0.39 is 12.0 Å². The number of amides is 2. The second-order valence-electron chi connectivity index (χ2n) is 3.99. The Morgan fingerprint density at radius 2 is 2.00 bits per heavy atom.